The lowest BCUT2D eigenvalue weighted by atomic mass is 9.97. The van der Waals surface area contributed by atoms with E-state index in [0.717, 1.165) is 35.5 Å². The van der Waals surface area contributed by atoms with Gasteiger partial charge < -0.3 is 0 Å². The molecule has 0 aromatic heterocycles. The number of benzene rings is 1. The van der Waals surface area contributed by atoms with Crippen molar-refractivity contribution in [3.63, 3.8) is 0 Å². The molecule has 8 nitrogen and oxygen atoms in total. The van der Waals surface area contributed by atoms with Crippen molar-refractivity contribution in [1.29, 1.82) is 0 Å². The lowest BCUT2D eigenvalue weighted by molar-refractivity contribution is -0.384. The Bertz CT molecular complexity index is 802. The molecular weight excluding hydrogens is 338 g/mol. The van der Waals surface area contributed by atoms with Gasteiger partial charge in [-0.1, -0.05) is 23.8 Å². The van der Waals surface area contributed by atoms with Crippen LogP contribution in [-0.2, 0) is 16.1 Å². The summed E-state index contributed by atoms with van der Waals surface area (Å²) in [5.41, 5.74) is 1.50. The molecule has 0 spiro atoms. The number of nitro benzene ring substituents is 1. The van der Waals surface area contributed by atoms with Gasteiger partial charge in [-0.05, 0) is 37.7 Å². The second kappa shape index (κ2) is 7.47. The van der Waals surface area contributed by atoms with Gasteiger partial charge in [0.05, 0.1) is 11.5 Å². The number of allylic oxidation sites excluding steroid dienone is 1. The number of amides is 4. The molecule has 136 valence electrons. The summed E-state index contributed by atoms with van der Waals surface area (Å²) in [5.74, 6) is -1.73. The first-order valence-electron chi connectivity index (χ1n) is 8.56. The Labute approximate surface area is 150 Å². The number of hydrogen-bond acceptors (Lipinski definition) is 5. The normalized spacial score (nSPS) is 17.7. The van der Waals surface area contributed by atoms with Crippen LogP contribution in [0.25, 0.3) is 0 Å². The van der Waals surface area contributed by atoms with Gasteiger partial charge in [-0.15, -0.1) is 0 Å². The summed E-state index contributed by atoms with van der Waals surface area (Å²) >= 11 is 0. The molecule has 1 aromatic carbocycles. The maximum absolute atomic E-state index is 12.5. The molecule has 1 aliphatic carbocycles. The third-order valence-corrected chi connectivity index (χ3v) is 4.64. The standard InChI is InChI=1S/C18H19N3O5/c22-16-17(23)20(12-14-7-4-8-15(11-14)21(25)26)18(24)19(16)10-9-13-5-2-1-3-6-13/h4-5,7-8,11H,1-3,6,9-10,12H2. The van der Waals surface area contributed by atoms with Crippen LogP contribution in [0.1, 0.15) is 37.7 Å². The topological polar surface area (TPSA) is 101 Å². The second-order valence-electron chi connectivity index (χ2n) is 6.42. The van der Waals surface area contributed by atoms with Crippen molar-refractivity contribution in [2.24, 2.45) is 0 Å². The molecule has 0 saturated carbocycles. The zero-order valence-corrected chi connectivity index (χ0v) is 14.2. The summed E-state index contributed by atoms with van der Waals surface area (Å²) in [4.78, 5) is 48.9. The molecule has 0 N–H and O–H groups in total. The van der Waals surface area contributed by atoms with Crippen LogP contribution in [0.5, 0.6) is 0 Å². The van der Waals surface area contributed by atoms with Gasteiger partial charge >= 0.3 is 17.8 Å². The Morgan fingerprint density at radius 2 is 1.85 bits per heavy atom. The van der Waals surface area contributed by atoms with Crippen LogP contribution in [-0.4, -0.2) is 39.1 Å². The minimum atomic E-state index is -0.890. The van der Waals surface area contributed by atoms with E-state index in [2.05, 4.69) is 6.08 Å². The van der Waals surface area contributed by atoms with E-state index in [4.69, 9.17) is 0 Å². The van der Waals surface area contributed by atoms with Crippen LogP contribution in [0.3, 0.4) is 0 Å². The minimum absolute atomic E-state index is 0.131. The predicted molar refractivity (Wildman–Crippen MR) is 91.9 cm³/mol. The first kappa shape index (κ1) is 17.8. The van der Waals surface area contributed by atoms with Gasteiger partial charge in [0.25, 0.3) is 5.69 Å². The van der Waals surface area contributed by atoms with Crippen molar-refractivity contribution in [2.45, 2.75) is 38.6 Å². The summed E-state index contributed by atoms with van der Waals surface area (Å²) in [5, 5.41) is 10.8. The van der Waals surface area contributed by atoms with Crippen LogP contribution in [0, 0.1) is 10.1 Å². The van der Waals surface area contributed by atoms with Crippen LogP contribution in [0.15, 0.2) is 35.9 Å². The Kier molecular flexibility index (Phi) is 5.11. The molecule has 0 bridgehead atoms. The van der Waals surface area contributed by atoms with E-state index in [1.807, 2.05) is 0 Å². The number of rotatable bonds is 6. The lowest BCUT2D eigenvalue weighted by Gasteiger charge is -2.17. The molecule has 0 radical (unpaired) electrons. The lowest BCUT2D eigenvalue weighted by Crippen LogP contribution is -2.34. The summed E-state index contributed by atoms with van der Waals surface area (Å²) in [6, 6.07) is 5.01. The van der Waals surface area contributed by atoms with Crippen molar-refractivity contribution in [3.05, 3.63) is 51.6 Å². The molecule has 3 rings (SSSR count). The molecule has 1 fully saturated rings. The van der Waals surface area contributed by atoms with Gasteiger partial charge in [-0.25, -0.2) is 4.79 Å². The van der Waals surface area contributed by atoms with Crippen molar-refractivity contribution >= 4 is 23.5 Å². The smallest absolute Gasteiger partial charge is 0.263 e. The molecule has 2 aliphatic rings. The molecule has 8 heteroatoms. The number of carbonyl (C=O) groups excluding carboxylic acids is 3. The largest absolute Gasteiger partial charge is 0.334 e. The quantitative estimate of drug-likeness (QED) is 0.256. The fraction of sp³-hybridized carbons (Fsp3) is 0.389. The number of carbonyl (C=O) groups is 3. The molecule has 4 amide bonds. The van der Waals surface area contributed by atoms with Crippen molar-refractivity contribution in [1.82, 2.24) is 9.80 Å². The van der Waals surface area contributed by atoms with Crippen LogP contribution in [0.2, 0.25) is 0 Å². The van der Waals surface area contributed by atoms with Gasteiger partial charge in [0, 0.05) is 18.7 Å². The van der Waals surface area contributed by atoms with Crippen molar-refractivity contribution in [2.75, 3.05) is 6.54 Å². The number of urea groups is 1. The number of imide groups is 2. The Morgan fingerprint density at radius 3 is 2.54 bits per heavy atom. The van der Waals surface area contributed by atoms with Crippen LogP contribution >= 0.6 is 0 Å². The summed E-state index contributed by atoms with van der Waals surface area (Å²) in [6.07, 6.45) is 6.94. The molecule has 0 atom stereocenters. The minimum Gasteiger partial charge on any atom is -0.263 e. The zero-order valence-electron chi connectivity index (χ0n) is 14.2. The highest BCUT2D eigenvalue weighted by molar-refractivity contribution is 6.44. The summed E-state index contributed by atoms with van der Waals surface area (Å²) < 4.78 is 0. The van der Waals surface area contributed by atoms with E-state index in [1.54, 1.807) is 6.07 Å². The van der Waals surface area contributed by atoms with E-state index in [9.17, 15) is 24.5 Å². The third-order valence-electron chi connectivity index (χ3n) is 4.64. The Balaban J connectivity index is 1.69. The van der Waals surface area contributed by atoms with Gasteiger partial charge in [0.2, 0.25) is 0 Å². The first-order chi connectivity index (χ1) is 12.5. The SMILES string of the molecule is O=C1C(=O)N(Cc2cccc([N+](=O)[O-])c2)C(=O)N1CCC1=CCCCC1. The third kappa shape index (κ3) is 3.63. The molecule has 1 saturated heterocycles. The number of nitrogens with zero attached hydrogens (tertiary/aromatic N) is 3. The maximum Gasteiger partial charge on any atom is 0.334 e. The zero-order chi connectivity index (χ0) is 18.7. The predicted octanol–water partition coefficient (Wildman–Crippen LogP) is 2.78. The first-order valence-corrected chi connectivity index (χ1v) is 8.56. The van der Waals surface area contributed by atoms with E-state index in [-0.39, 0.29) is 18.8 Å². The Hall–Kier alpha value is -3.03. The summed E-state index contributed by atoms with van der Waals surface area (Å²) in [7, 11) is 0. The number of hydrogen-bond donors (Lipinski definition) is 0. The average Bonchev–Trinajstić information content (AvgIpc) is 2.84. The summed E-state index contributed by atoms with van der Waals surface area (Å²) in [6.45, 7) is 0.0188. The average molecular weight is 357 g/mol. The molecule has 1 aliphatic heterocycles. The van der Waals surface area contributed by atoms with Crippen LogP contribution < -0.4 is 0 Å². The van der Waals surface area contributed by atoms with Crippen LogP contribution in [0.4, 0.5) is 10.5 Å². The maximum atomic E-state index is 12.5. The van der Waals surface area contributed by atoms with E-state index < -0.39 is 22.8 Å². The van der Waals surface area contributed by atoms with Gasteiger partial charge in [0.1, 0.15) is 0 Å². The number of non-ortho nitro benzene ring substituents is 1. The highest BCUT2D eigenvalue weighted by Gasteiger charge is 2.44. The monoisotopic (exact) mass is 357 g/mol. The fourth-order valence-corrected chi connectivity index (χ4v) is 3.23. The highest BCUT2D eigenvalue weighted by Crippen LogP contribution is 2.23. The fourth-order valence-electron chi connectivity index (χ4n) is 3.23. The van der Waals surface area contributed by atoms with E-state index in [0.29, 0.717) is 12.0 Å². The Morgan fingerprint density at radius 1 is 1.08 bits per heavy atom. The van der Waals surface area contributed by atoms with Crippen molar-refractivity contribution in [3.8, 4) is 0 Å². The molecule has 1 heterocycles. The van der Waals surface area contributed by atoms with E-state index in [1.165, 1.54) is 23.8 Å². The van der Waals surface area contributed by atoms with Gasteiger partial charge in [-0.2, -0.15) is 0 Å². The van der Waals surface area contributed by atoms with Crippen molar-refractivity contribution < 1.29 is 19.3 Å². The number of nitro groups is 1. The van der Waals surface area contributed by atoms with E-state index >= 15 is 0 Å². The molecule has 26 heavy (non-hydrogen) atoms. The highest BCUT2D eigenvalue weighted by atomic mass is 16.6. The molecule has 1 aromatic rings. The second-order valence-corrected chi connectivity index (χ2v) is 6.42. The molecule has 0 unspecified atom stereocenters. The van der Waals surface area contributed by atoms with Gasteiger partial charge in [-0.3, -0.25) is 29.5 Å². The molecular formula is C18H19N3O5. The van der Waals surface area contributed by atoms with Gasteiger partial charge in [0.15, 0.2) is 0 Å².